The average Bonchev–Trinajstić information content (AvgIpc) is 3.17. The summed E-state index contributed by atoms with van der Waals surface area (Å²) in [5.74, 6) is 1.82. The van der Waals surface area contributed by atoms with Crippen LogP contribution in [-0.2, 0) is 21.7 Å². The van der Waals surface area contributed by atoms with Crippen molar-refractivity contribution in [3.05, 3.63) is 58.6 Å². The Morgan fingerprint density at radius 1 is 1.17 bits per heavy atom. The Labute approximate surface area is 181 Å². The lowest BCUT2D eigenvalue weighted by molar-refractivity contribution is -0.232. The molecule has 1 aliphatic heterocycles. The highest BCUT2D eigenvalue weighted by Crippen LogP contribution is 2.62. The van der Waals surface area contributed by atoms with E-state index in [1.54, 1.807) is 18.2 Å². The molecule has 158 valence electrons. The van der Waals surface area contributed by atoms with E-state index in [0.29, 0.717) is 22.8 Å². The van der Waals surface area contributed by atoms with Crippen LogP contribution in [0.25, 0.3) is 0 Å². The van der Waals surface area contributed by atoms with Crippen LogP contribution in [0.15, 0.2) is 47.5 Å². The molecule has 0 aromatic heterocycles. The molecule has 2 N–H and O–H groups in total. The molecule has 2 aromatic rings. The van der Waals surface area contributed by atoms with E-state index < -0.39 is 5.72 Å². The van der Waals surface area contributed by atoms with Crippen molar-refractivity contribution >= 4 is 17.6 Å². The molecular weight excluding hydrogens is 402 g/mol. The molecule has 2 aliphatic carbocycles. The number of methoxy groups -OCH3 is 1. The molecule has 0 bridgehead atoms. The van der Waals surface area contributed by atoms with Gasteiger partial charge in [0, 0.05) is 30.2 Å². The van der Waals surface area contributed by atoms with Gasteiger partial charge in [-0.05, 0) is 68.0 Å². The molecule has 30 heavy (non-hydrogen) atoms. The van der Waals surface area contributed by atoms with Gasteiger partial charge in [-0.2, -0.15) is 0 Å². The Morgan fingerprint density at radius 2 is 1.93 bits per heavy atom. The summed E-state index contributed by atoms with van der Waals surface area (Å²) < 4.78 is 11.7. The Kier molecular flexibility index (Phi) is 4.69. The van der Waals surface area contributed by atoms with Crippen LogP contribution in [0.1, 0.15) is 36.8 Å². The smallest absolute Gasteiger partial charge is 0.220 e. The van der Waals surface area contributed by atoms with Crippen LogP contribution in [0.5, 0.6) is 11.5 Å². The molecule has 1 unspecified atom stereocenters. The van der Waals surface area contributed by atoms with E-state index in [1.807, 2.05) is 37.4 Å². The SMILES string of the molecule is CO[C@H]1CC[C@@]2(CC1)Cc1ccc(Oc3cccc(Cl)c3)cc1C21N=C(N)N(C)O1. The van der Waals surface area contributed by atoms with Gasteiger partial charge in [-0.15, -0.1) is 0 Å². The highest BCUT2D eigenvalue weighted by molar-refractivity contribution is 6.30. The third-order valence-corrected chi connectivity index (χ3v) is 7.05. The standard InChI is InChI=1S/C23H26ClN3O3/c1-27-21(25)26-23(30-27)20-13-19(29-18-5-3-4-16(24)12-18)7-6-15(20)14-22(23)10-8-17(28-2)9-11-22/h3-7,12-13,17H,8-11,14H2,1-2H3,(H2,25,26)/t17-,22+,23?. The van der Waals surface area contributed by atoms with E-state index in [9.17, 15) is 0 Å². The molecule has 1 heterocycles. The van der Waals surface area contributed by atoms with E-state index in [1.165, 1.54) is 5.56 Å². The molecular formula is C23H26ClN3O3. The topological polar surface area (TPSA) is 69.3 Å². The summed E-state index contributed by atoms with van der Waals surface area (Å²) >= 11 is 6.11. The number of ether oxygens (including phenoxy) is 2. The molecule has 2 aromatic carbocycles. The second-order valence-corrected chi connectivity index (χ2v) is 8.91. The number of hydrogen-bond donors (Lipinski definition) is 1. The zero-order valence-electron chi connectivity index (χ0n) is 17.2. The minimum Gasteiger partial charge on any atom is -0.457 e. The Bertz CT molecular complexity index is 1000. The summed E-state index contributed by atoms with van der Waals surface area (Å²) in [5, 5.41) is 2.22. The van der Waals surface area contributed by atoms with E-state index in [2.05, 4.69) is 6.07 Å². The zero-order valence-corrected chi connectivity index (χ0v) is 18.0. The first-order valence-electron chi connectivity index (χ1n) is 10.3. The number of aliphatic imine (C=N–C) groups is 1. The Hall–Kier alpha value is -2.28. The van der Waals surface area contributed by atoms with Crippen LogP contribution in [0.3, 0.4) is 0 Å². The first-order chi connectivity index (χ1) is 14.4. The molecule has 1 saturated carbocycles. The molecule has 6 nitrogen and oxygen atoms in total. The molecule has 0 saturated heterocycles. The van der Waals surface area contributed by atoms with E-state index in [-0.39, 0.29) is 5.41 Å². The van der Waals surface area contributed by atoms with Gasteiger partial charge in [-0.3, -0.25) is 0 Å². The van der Waals surface area contributed by atoms with Crippen LogP contribution in [0.4, 0.5) is 0 Å². The number of halogens is 1. The van der Waals surface area contributed by atoms with Crippen molar-refractivity contribution in [3.8, 4) is 11.5 Å². The minimum absolute atomic E-state index is 0.144. The summed E-state index contributed by atoms with van der Waals surface area (Å²) in [6.45, 7) is 0. The summed E-state index contributed by atoms with van der Waals surface area (Å²) in [4.78, 5) is 11.3. The van der Waals surface area contributed by atoms with Crippen LogP contribution in [0, 0.1) is 5.41 Å². The number of benzene rings is 2. The molecule has 3 aliphatic rings. The van der Waals surface area contributed by atoms with Crippen LogP contribution in [0.2, 0.25) is 5.02 Å². The lowest BCUT2D eigenvalue weighted by Crippen LogP contribution is -2.46. The predicted octanol–water partition coefficient (Wildman–Crippen LogP) is 4.61. The number of nitrogens with two attached hydrogens (primary N) is 1. The molecule has 5 rings (SSSR count). The number of hydroxylamine groups is 2. The van der Waals surface area contributed by atoms with E-state index >= 15 is 0 Å². The van der Waals surface area contributed by atoms with E-state index in [4.69, 9.17) is 36.6 Å². The molecule has 1 fully saturated rings. The zero-order chi connectivity index (χ0) is 20.9. The predicted molar refractivity (Wildman–Crippen MR) is 116 cm³/mol. The van der Waals surface area contributed by atoms with Gasteiger partial charge < -0.3 is 15.2 Å². The van der Waals surface area contributed by atoms with Gasteiger partial charge in [0.1, 0.15) is 11.5 Å². The van der Waals surface area contributed by atoms with Crippen LogP contribution >= 0.6 is 11.6 Å². The second kappa shape index (κ2) is 7.15. The number of hydrogen-bond acceptors (Lipinski definition) is 6. The molecule has 0 amide bonds. The molecule has 1 atom stereocenters. The van der Waals surface area contributed by atoms with Crippen molar-refractivity contribution in [2.45, 2.75) is 43.9 Å². The fourth-order valence-corrected chi connectivity index (χ4v) is 5.42. The van der Waals surface area contributed by atoms with Crippen molar-refractivity contribution in [1.82, 2.24) is 5.06 Å². The minimum atomic E-state index is -0.826. The van der Waals surface area contributed by atoms with Gasteiger partial charge in [-0.1, -0.05) is 23.7 Å². The Balaban J connectivity index is 1.55. The van der Waals surface area contributed by atoms with Crippen molar-refractivity contribution in [3.63, 3.8) is 0 Å². The number of rotatable bonds is 3. The van der Waals surface area contributed by atoms with Gasteiger partial charge in [-0.25, -0.2) is 14.9 Å². The van der Waals surface area contributed by atoms with Gasteiger partial charge in [0.05, 0.1) is 6.10 Å². The quantitative estimate of drug-likeness (QED) is 0.774. The first kappa shape index (κ1) is 19.7. The lowest BCUT2D eigenvalue weighted by atomic mass is 9.66. The maximum absolute atomic E-state index is 6.42. The van der Waals surface area contributed by atoms with Crippen molar-refractivity contribution in [2.75, 3.05) is 14.2 Å². The summed E-state index contributed by atoms with van der Waals surface area (Å²) in [6, 6.07) is 13.6. The lowest BCUT2D eigenvalue weighted by Gasteiger charge is -2.45. The average molecular weight is 428 g/mol. The summed E-state index contributed by atoms with van der Waals surface area (Å²) in [6.07, 6.45) is 5.10. The maximum atomic E-state index is 6.42. The van der Waals surface area contributed by atoms with Crippen LogP contribution in [-0.4, -0.2) is 31.3 Å². The Morgan fingerprint density at radius 3 is 2.60 bits per heavy atom. The monoisotopic (exact) mass is 427 g/mol. The maximum Gasteiger partial charge on any atom is 0.220 e. The van der Waals surface area contributed by atoms with Crippen LogP contribution < -0.4 is 10.5 Å². The van der Waals surface area contributed by atoms with Crippen molar-refractivity contribution in [1.29, 1.82) is 0 Å². The van der Waals surface area contributed by atoms with Crippen molar-refractivity contribution < 1.29 is 14.3 Å². The van der Waals surface area contributed by atoms with Gasteiger partial charge >= 0.3 is 0 Å². The molecule has 2 spiro atoms. The molecule has 7 heteroatoms. The first-order valence-corrected chi connectivity index (χ1v) is 10.7. The number of fused-ring (bicyclic) bond motifs is 3. The number of guanidine groups is 1. The number of nitrogens with zero attached hydrogens (tertiary/aromatic N) is 2. The summed E-state index contributed by atoms with van der Waals surface area (Å²) in [5.41, 5.74) is 7.49. The third-order valence-electron chi connectivity index (χ3n) is 6.81. The highest BCUT2D eigenvalue weighted by Gasteiger charge is 2.63. The fourth-order valence-electron chi connectivity index (χ4n) is 5.24. The fraction of sp³-hybridized carbons (Fsp3) is 0.435. The normalized spacial score (nSPS) is 30.0. The van der Waals surface area contributed by atoms with Gasteiger partial charge in [0.2, 0.25) is 11.7 Å². The highest BCUT2D eigenvalue weighted by atomic mass is 35.5. The third kappa shape index (κ3) is 2.97. The van der Waals surface area contributed by atoms with Gasteiger partial charge in [0.15, 0.2) is 0 Å². The molecule has 0 radical (unpaired) electrons. The largest absolute Gasteiger partial charge is 0.457 e. The van der Waals surface area contributed by atoms with E-state index in [0.717, 1.165) is 43.4 Å². The van der Waals surface area contributed by atoms with Crippen molar-refractivity contribution in [2.24, 2.45) is 16.1 Å². The summed E-state index contributed by atoms with van der Waals surface area (Å²) in [7, 11) is 3.60. The second-order valence-electron chi connectivity index (χ2n) is 8.47. The van der Waals surface area contributed by atoms with Gasteiger partial charge in [0.25, 0.3) is 0 Å².